The minimum Gasteiger partial charge on any atom is -0.332 e. The summed E-state index contributed by atoms with van der Waals surface area (Å²) in [4.78, 5) is 11.4. The molecule has 12 rings (SSSR count). The van der Waals surface area contributed by atoms with Gasteiger partial charge >= 0.3 is 0 Å². The molecule has 2 aliphatic rings. The summed E-state index contributed by atoms with van der Waals surface area (Å²) in [6.07, 6.45) is 12.3. The molecule has 0 spiro atoms. The molecule has 3 heterocycles. The maximum absolute atomic E-state index is 4.37. The molecule has 0 saturated heterocycles. The van der Waals surface area contributed by atoms with Gasteiger partial charge in [-0.2, -0.15) is 0 Å². The van der Waals surface area contributed by atoms with E-state index in [0.717, 1.165) is 11.1 Å². The van der Waals surface area contributed by atoms with Gasteiger partial charge < -0.3 is 4.90 Å². The third-order valence-corrected chi connectivity index (χ3v) is 13.0. The number of benzene rings is 8. The first kappa shape index (κ1) is 34.4. The van der Waals surface area contributed by atoms with Crippen LogP contribution in [0.1, 0.15) is 29.7 Å². The number of hydrogen-bond donors (Lipinski definition) is 0. The van der Waals surface area contributed by atoms with Crippen LogP contribution in [0.3, 0.4) is 0 Å². The van der Waals surface area contributed by atoms with Crippen LogP contribution in [0.5, 0.6) is 0 Å². The summed E-state index contributed by atoms with van der Waals surface area (Å²) in [5, 5.41) is 7.39. The van der Waals surface area contributed by atoms with Crippen molar-refractivity contribution >= 4 is 49.8 Å². The Balaban J connectivity index is 0.980. The fraction of sp³-hybridized carbons (Fsp3) is 0.0526. The van der Waals surface area contributed by atoms with E-state index in [-0.39, 0.29) is 11.5 Å². The standard InChI is InChI=1S/C57H39N3/c1-57-26-25-46-29-42(40-17-13-37-15-19-43(32-49(37)30-40)47-9-5-27-58-35-47)21-23-52(46)56(57)60(54-12-4-8-39-7-2-3-11-51(39)54)55-34-45(22-24-53(55)57)41-18-14-38-16-20-44(33-50(38)31-41)48-10-6-28-59-36-48/h2-36,56H,1H3. The predicted molar refractivity (Wildman–Crippen MR) is 250 cm³/mol. The van der Waals surface area contributed by atoms with Crippen LogP contribution in [0.4, 0.5) is 11.4 Å². The predicted octanol–water partition coefficient (Wildman–Crippen LogP) is 14.8. The lowest BCUT2D eigenvalue weighted by Crippen LogP contribution is -2.34. The number of hydrogen-bond acceptors (Lipinski definition) is 3. The molecule has 2 atom stereocenters. The van der Waals surface area contributed by atoms with E-state index in [1.165, 1.54) is 93.8 Å². The SMILES string of the molecule is CC12C=Cc3cc(-c4ccc5ccc(-c6cccnc6)cc5c4)ccc3C1N(c1cccc3ccccc13)c1cc(-c3ccc4ccc(-c5cccnc5)cc4c3)ccc12. The van der Waals surface area contributed by atoms with E-state index in [0.29, 0.717) is 0 Å². The van der Waals surface area contributed by atoms with E-state index in [1.807, 2.05) is 36.9 Å². The summed E-state index contributed by atoms with van der Waals surface area (Å²) < 4.78 is 0. The lowest BCUT2D eigenvalue weighted by Gasteiger charge is -2.39. The van der Waals surface area contributed by atoms with Crippen LogP contribution in [0.2, 0.25) is 0 Å². The lowest BCUT2D eigenvalue weighted by atomic mass is 9.71. The number of nitrogens with zero attached hydrogens (tertiary/aromatic N) is 3. The van der Waals surface area contributed by atoms with Crippen LogP contribution in [0.15, 0.2) is 207 Å². The minimum absolute atomic E-state index is 0.0555. The third-order valence-electron chi connectivity index (χ3n) is 13.0. The summed E-state index contributed by atoms with van der Waals surface area (Å²) in [5.41, 5.74) is 15.6. The summed E-state index contributed by atoms with van der Waals surface area (Å²) >= 11 is 0. The van der Waals surface area contributed by atoms with Gasteiger partial charge in [0.2, 0.25) is 0 Å². The van der Waals surface area contributed by atoms with Crippen molar-refractivity contribution in [3.8, 4) is 44.5 Å². The summed E-state index contributed by atoms with van der Waals surface area (Å²) in [6, 6.07) is 65.1. The topological polar surface area (TPSA) is 29.0 Å². The highest BCUT2D eigenvalue weighted by Crippen LogP contribution is 2.60. The second-order valence-electron chi connectivity index (χ2n) is 16.5. The number of aromatic nitrogens is 2. The van der Waals surface area contributed by atoms with E-state index < -0.39 is 0 Å². The molecule has 1 aliphatic heterocycles. The van der Waals surface area contributed by atoms with Crippen molar-refractivity contribution in [2.45, 2.75) is 18.4 Å². The number of rotatable bonds is 5. The largest absolute Gasteiger partial charge is 0.332 e. The molecule has 8 aromatic carbocycles. The monoisotopic (exact) mass is 765 g/mol. The molecule has 2 aromatic heterocycles. The minimum atomic E-state index is -0.257. The van der Waals surface area contributed by atoms with Gasteiger partial charge in [0.25, 0.3) is 0 Å². The Morgan fingerprint density at radius 3 is 1.62 bits per heavy atom. The molecule has 0 bridgehead atoms. The summed E-state index contributed by atoms with van der Waals surface area (Å²) in [6.45, 7) is 2.42. The summed E-state index contributed by atoms with van der Waals surface area (Å²) in [5.74, 6) is 0. The number of fused-ring (bicyclic) bond motifs is 8. The quantitative estimate of drug-likeness (QED) is 0.175. The Morgan fingerprint density at radius 2 is 0.983 bits per heavy atom. The van der Waals surface area contributed by atoms with Gasteiger partial charge in [-0.15, -0.1) is 0 Å². The van der Waals surface area contributed by atoms with Crippen LogP contribution in [0, 0.1) is 0 Å². The van der Waals surface area contributed by atoms with Gasteiger partial charge in [-0.25, -0.2) is 0 Å². The zero-order chi connectivity index (χ0) is 39.8. The van der Waals surface area contributed by atoms with Crippen LogP contribution < -0.4 is 4.90 Å². The van der Waals surface area contributed by atoms with Gasteiger partial charge in [-0.3, -0.25) is 9.97 Å². The van der Waals surface area contributed by atoms with Crippen molar-refractivity contribution in [3.63, 3.8) is 0 Å². The van der Waals surface area contributed by atoms with Gasteiger partial charge in [-0.05, 0) is 139 Å². The Bertz CT molecular complexity index is 3350. The second kappa shape index (κ2) is 13.5. The van der Waals surface area contributed by atoms with Crippen LogP contribution in [-0.2, 0) is 5.41 Å². The normalized spacial score (nSPS) is 16.6. The van der Waals surface area contributed by atoms with Crippen molar-refractivity contribution in [1.82, 2.24) is 9.97 Å². The van der Waals surface area contributed by atoms with Crippen molar-refractivity contribution in [3.05, 3.63) is 223 Å². The molecule has 282 valence electrons. The molecule has 2 unspecified atom stereocenters. The second-order valence-corrected chi connectivity index (χ2v) is 16.5. The zero-order valence-corrected chi connectivity index (χ0v) is 33.1. The first-order valence-corrected chi connectivity index (χ1v) is 20.7. The fourth-order valence-electron chi connectivity index (χ4n) is 9.94. The van der Waals surface area contributed by atoms with Crippen molar-refractivity contribution < 1.29 is 0 Å². The average molecular weight is 766 g/mol. The first-order valence-electron chi connectivity index (χ1n) is 20.7. The molecule has 0 saturated carbocycles. The summed E-state index contributed by atoms with van der Waals surface area (Å²) in [7, 11) is 0. The van der Waals surface area contributed by atoms with Crippen LogP contribution in [-0.4, -0.2) is 9.97 Å². The van der Waals surface area contributed by atoms with Crippen LogP contribution >= 0.6 is 0 Å². The van der Waals surface area contributed by atoms with Gasteiger partial charge in [0.15, 0.2) is 0 Å². The first-order chi connectivity index (χ1) is 29.6. The number of pyridine rings is 2. The molecule has 60 heavy (non-hydrogen) atoms. The Hall–Kier alpha value is -7.62. The van der Waals surface area contributed by atoms with Crippen molar-refractivity contribution in [2.75, 3.05) is 4.90 Å². The Labute approximate surface area is 349 Å². The molecular formula is C57H39N3. The van der Waals surface area contributed by atoms with Gasteiger partial charge in [-0.1, -0.05) is 133 Å². The molecule has 0 N–H and O–H groups in total. The van der Waals surface area contributed by atoms with E-state index in [1.54, 1.807) is 0 Å². The highest BCUT2D eigenvalue weighted by Gasteiger charge is 2.50. The molecule has 1 aliphatic carbocycles. The highest BCUT2D eigenvalue weighted by atomic mass is 15.2. The maximum Gasteiger partial charge on any atom is 0.0727 e. The van der Waals surface area contributed by atoms with E-state index in [9.17, 15) is 0 Å². The third kappa shape index (κ3) is 5.51. The molecule has 0 fully saturated rings. The van der Waals surface area contributed by atoms with Gasteiger partial charge in [0.05, 0.1) is 6.04 Å². The molecule has 3 heteroatoms. The highest BCUT2D eigenvalue weighted by molar-refractivity contribution is 5.99. The van der Waals surface area contributed by atoms with Crippen molar-refractivity contribution in [2.24, 2.45) is 0 Å². The van der Waals surface area contributed by atoms with E-state index in [4.69, 9.17) is 0 Å². The van der Waals surface area contributed by atoms with Gasteiger partial charge in [0.1, 0.15) is 0 Å². The Morgan fingerprint density at radius 1 is 0.433 bits per heavy atom. The van der Waals surface area contributed by atoms with E-state index >= 15 is 0 Å². The van der Waals surface area contributed by atoms with Gasteiger partial charge in [0, 0.05) is 58.1 Å². The van der Waals surface area contributed by atoms with Crippen molar-refractivity contribution in [1.29, 1.82) is 0 Å². The molecule has 10 aromatic rings. The smallest absolute Gasteiger partial charge is 0.0727 e. The zero-order valence-electron chi connectivity index (χ0n) is 33.1. The molecule has 3 nitrogen and oxygen atoms in total. The average Bonchev–Trinajstić information content (AvgIpc) is 3.58. The van der Waals surface area contributed by atoms with E-state index in [2.05, 4.69) is 198 Å². The molecule has 0 amide bonds. The number of anilines is 2. The van der Waals surface area contributed by atoms with Crippen LogP contribution in [0.25, 0.3) is 82.9 Å². The Kier molecular flexibility index (Phi) is 7.73. The lowest BCUT2D eigenvalue weighted by molar-refractivity contribution is 0.499. The maximum atomic E-state index is 4.37. The fourth-order valence-corrected chi connectivity index (χ4v) is 9.94. The molecule has 0 radical (unpaired) electrons. The molecular weight excluding hydrogens is 727 g/mol.